The average molecular weight is 261 g/mol. The van der Waals surface area contributed by atoms with Crippen molar-refractivity contribution < 1.29 is 18.0 Å². The van der Waals surface area contributed by atoms with E-state index in [2.05, 4.69) is 5.32 Å². The van der Waals surface area contributed by atoms with E-state index in [0.29, 0.717) is 0 Å². The Balaban J connectivity index is 0.00000225. The standard InChI is InChI=1S/C9H15F3N2O.ClH/c1-5-3-2-4-6(5)14-8(15)7(13)9(10,11)12;/h5-7H,2-4,13H2,1H3,(H,14,15);1H. The molecular weight excluding hydrogens is 245 g/mol. The molecule has 0 heterocycles. The zero-order chi connectivity index (χ0) is 11.6. The molecule has 1 aliphatic carbocycles. The lowest BCUT2D eigenvalue weighted by Crippen LogP contribution is -2.53. The molecule has 3 atom stereocenters. The summed E-state index contributed by atoms with van der Waals surface area (Å²) < 4.78 is 36.3. The van der Waals surface area contributed by atoms with E-state index >= 15 is 0 Å². The van der Waals surface area contributed by atoms with Gasteiger partial charge in [-0.1, -0.05) is 13.3 Å². The van der Waals surface area contributed by atoms with Gasteiger partial charge in [0.1, 0.15) is 0 Å². The van der Waals surface area contributed by atoms with Crippen LogP contribution in [0, 0.1) is 5.92 Å². The molecule has 96 valence electrons. The van der Waals surface area contributed by atoms with Crippen LogP contribution in [0.1, 0.15) is 26.2 Å². The number of rotatable bonds is 2. The highest BCUT2D eigenvalue weighted by Gasteiger charge is 2.43. The normalized spacial score (nSPS) is 27.1. The Kier molecular flexibility index (Phi) is 5.55. The van der Waals surface area contributed by atoms with Crippen molar-refractivity contribution in [1.29, 1.82) is 0 Å². The highest BCUT2D eigenvalue weighted by Crippen LogP contribution is 2.25. The number of amides is 1. The van der Waals surface area contributed by atoms with E-state index in [1.807, 2.05) is 6.92 Å². The zero-order valence-corrected chi connectivity index (χ0v) is 9.70. The molecule has 1 fully saturated rings. The Morgan fingerprint density at radius 1 is 1.44 bits per heavy atom. The summed E-state index contributed by atoms with van der Waals surface area (Å²) in [6.07, 6.45) is -2.05. The monoisotopic (exact) mass is 260 g/mol. The van der Waals surface area contributed by atoms with Crippen molar-refractivity contribution >= 4 is 18.3 Å². The molecule has 3 nitrogen and oxygen atoms in total. The van der Waals surface area contributed by atoms with Crippen LogP contribution in [0.5, 0.6) is 0 Å². The molecule has 1 rings (SSSR count). The highest BCUT2D eigenvalue weighted by atomic mass is 35.5. The Hall–Kier alpha value is -0.490. The van der Waals surface area contributed by atoms with Crippen molar-refractivity contribution in [3.05, 3.63) is 0 Å². The second-order valence-corrected chi connectivity index (χ2v) is 4.04. The lowest BCUT2D eigenvalue weighted by atomic mass is 10.1. The number of nitrogens with one attached hydrogen (secondary N) is 1. The fourth-order valence-corrected chi connectivity index (χ4v) is 1.78. The smallest absolute Gasteiger partial charge is 0.351 e. The fourth-order valence-electron chi connectivity index (χ4n) is 1.78. The first kappa shape index (κ1) is 15.5. The van der Waals surface area contributed by atoms with Crippen molar-refractivity contribution in [2.45, 2.75) is 44.4 Å². The fraction of sp³-hybridized carbons (Fsp3) is 0.889. The van der Waals surface area contributed by atoms with Gasteiger partial charge in [0.15, 0.2) is 6.04 Å². The minimum atomic E-state index is -4.66. The molecule has 0 aliphatic heterocycles. The maximum Gasteiger partial charge on any atom is 0.412 e. The van der Waals surface area contributed by atoms with Crippen molar-refractivity contribution in [2.75, 3.05) is 0 Å². The number of halogens is 4. The number of nitrogens with two attached hydrogens (primary N) is 1. The first-order chi connectivity index (χ1) is 6.82. The van der Waals surface area contributed by atoms with Crippen LogP contribution in [0.15, 0.2) is 0 Å². The molecule has 7 heteroatoms. The van der Waals surface area contributed by atoms with Crippen molar-refractivity contribution in [3.8, 4) is 0 Å². The number of carbonyl (C=O) groups excluding carboxylic acids is 1. The van der Waals surface area contributed by atoms with Gasteiger partial charge in [-0.05, 0) is 18.8 Å². The van der Waals surface area contributed by atoms with E-state index in [-0.39, 0.29) is 24.4 Å². The summed E-state index contributed by atoms with van der Waals surface area (Å²) in [5.74, 6) is -0.893. The quantitative estimate of drug-likeness (QED) is 0.792. The number of hydrogen-bond acceptors (Lipinski definition) is 2. The minimum absolute atomic E-state index is 0. The van der Waals surface area contributed by atoms with Crippen molar-refractivity contribution in [3.63, 3.8) is 0 Å². The number of hydrogen-bond donors (Lipinski definition) is 2. The van der Waals surface area contributed by atoms with Crippen molar-refractivity contribution in [1.82, 2.24) is 5.32 Å². The van der Waals surface area contributed by atoms with Crippen molar-refractivity contribution in [2.24, 2.45) is 11.7 Å². The first-order valence-electron chi connectivity index (χ1n) is 4.95. The summed E-state index contributed by atoms with van der Waals surface area (Å²) in [6, 6.07) is -2.57. The van der Waals surface area contributed by atoms with E-state index in [4.69, 9.17) is 5.73 Å². The van der Waals surface area contributed by atoms with E-state index < -0.39 is 18.1 Å². The molecule has 0 aromatic heterocycles. The van der Waals surface area contributed by atoms with Gasteiger partial charge < -0.3 is 11.1 Å². The maximum absolute atomic E-state index is 12.1. The Labute approximate surface area is 98.4 Å². The molecule has 0 saturated heterocycles. The maximum atomic E-state index is 12.1. The molecule has 3 unspecified atom stereocenters. The topological polar surface area (TPSA) is 55.1 Å². The predicted molar refractivity (Wildman–Crippen MR) is 56.2 cm³/mol. The van der Waals surface area contributed by atoms with Gasteiger partial charge >= 0.3 is 6.18 Å². The van der Waals surface area contributed by atoms with Crippen LogP contribution in [-0.4, -0.2) is 24.2 Å². The molecule has 0 radical (unpaired) electrons. The lowest BCUT2D eigenvalue weighted by molar-refractivity contribution is -0.163. The SMILES string of the molecule is CC1CCCC1NC(=O)C(N)C(F)(F)F.Cl. The highest BCUT2D eigenvalue weighted by molar-refractivity contribution is 5.85. The summed E-state index contributed by atoms with van der Waals surface area (Å²) in [5.41, 5.74) is 4.78. The molecule has 1 amide bonds. The van der Waals surface area contributed by atoms with Gasteiger partial charge in [0.05, 0.1) is 0 Å². The van der Waals surface area contributed by atoms with E-state index in [1.165, 1.54) is 0 Å². The number of alkyl halides is 3. The molecule has 16 heavy (non-hydrogen) atoms. The van der Waals surface area contributed by atoms with Crippen LogP contribution in [0.4, 0.5) is 13.2 Å². The first-order valence-corrected chi connectivity index (χ1v) is 4.95. The summed E-state index contributed by atoms with van der Waals surface area (Å²) in [5, 5.41) is 2.35. The number of carbonyl (C=O) groups is 1. The molecule has 3 N–H and O–H groups in total. The molecular formula is C9H16ClF3N2O. The van der Waals surface area contributed by atoms with E-state index in [9.17, 15) is 18.0 Å². The molecule has 1 aliphatic rings. The minimum Gasteiger partial charge on any atom is -0.351 e. The van der Waals surface area contributed by atoms with Crippen LogP contribution in [0.25, 0.3) is 0 Å². The summed E-state index contributed by atoms with van der Waals surface area (Å²) in [4.78, 5) is 11.1. The second kappa shape index (κ2) is 5.72. The van der Waals surface area contributed by atoms with Gasteiger partial charge in [-0.3, -0.25) is 4.79 Å². The van der Waals surface area contributed by atoms with Crippen LogP contribution in [0.3, 0.4) is 0 Å². The Bertz CT molecular complexity index is 247. The summed E-state index contributed by atoms with van der Waals surface area (Å²) in [7, 11) is 0. The third kappa shape index (κ3) is 3.83. The summed E-state index contributed by atoms with van der Waals surface area (Å²) >= 11 is 0. The molecule has 0 aromatic carbocycles. The third-order valence-corrected chi connectivity index (χ3v) is 2.82. The van der Waals surface area contributed by atoms with Crippen LogP contribution in [0.2, 0.25) is 0 Å². The van der Waals surface area contributed by atoms with Crippen LogP contribution >= 0.6 is 12.4 Å². The van der Waals surface area contributed by atoms with Gasteiger partial charge in [-0.15, -0.1) is 12.4 Å². The van der Waals surface area contributed by atoms with Gasteiger partial charge in [0.2, 0.25) is 5.91 Å². The molecule has 0 bridgehead atoms. The van der Waals surface area contributed by atoms with E-state index in [0.717, 1.165) is 19.3 Å². The molecule has 1 saturated carbocycles. The second-order valence-electron chi connectivity index (χ2n) is 4.04. The average Bonchev–Trinajstić information content (AvgIpc) is 2.49. The third-order valence-electron chi connectivity index (χ3n) is 2.82. The summed E-state index contributed by atoms with van der Waals surface area (Å²) in [6.45, 7) is 1.91. The molecule has 0 aromatic rings. The lowest BCUT2D eigenvalue weighted by Gasteiger charge is -2.21. The largest absolute Gasteiger partial charge is 0.412 e. The van der Waals surface area contributed by atoms with Gasteiger partial charge in [0.25, 0.3) is 0 Å². The van der Waals surface area contributed by atoms with Crippen LogP contribution < -0.4 is 11.1 Å². The Morgan fingerprint density at radius 3 is 2.38 bits per heavy atom. The zero-order valence-electron chi connectivity index (χ0n) is 8.88. The van der Waals surface area contributed by atoms with Gasteiger partial charge in [-0.25, -0.2) is 0 Å². The van der Waals surface area contributed by atoms with Crippen LogP contribution in [-0.2, 0) is 4.79 Å². The van der Waals surface area contributed by atoms with Gasteiger partial charge in [-0.2, -0.15) is 13.2 Å². The predicted octanol–water partition coefficient (Wildman–Crippen LogP) is 1.60. The Morgan fingerprint density at radius 2 is 2.00 bits per heavy atom. The van der Waals surface area contributed by atoms with Gasteiger partial charge in [0, 0.05) is 6.04 Å². The molecule has 0 spiro atoms. The van der Waals surface area contributed by atoms with E-state index in [1.54, 1.807) is 0 Å².